The van der Waals surface area contributed by atoms with Gasteiger partial charge in [0.25, 0.3) is 0 Å². The first kappa shape index (κ1) is 13.2. The highest BCUT2D eigenvalue weighted by Crippen LogP contribution is 2.16. The molecule has 0 saturated heterocycles. The maximum Gasteiger partial charge on any atom is 0.231 e. The van der Waals surface area contributed by atoms with Gasteiger partial charge in [-0.3, -0.25) is 4.79 Å². The highest BCUT2D eigenvalue weighted by molar-refractivity contribution is 5.91. The third-order valence-corrected chi connectivity index (χ3v) is 2.53. The number of furan rings is 1. The molecule has 0 aliphatic rings. The van der Waals surface area contributed by atoms with E-state index in [0.29, 0.717) is 12.4 Å². The Morgan fingerprint density at radius 1 is 1.26 bits per heavy atom. The minimum Gasteiger partial charge on any atom is -0.494 e. The Balaban J connectivity index is 1.86. The highest BCUT2D eigenvalue weighted by Gasteiger charge is 2.06. The molecular formula is C15H17NO3. The van der Waals surface area contributed by atoms with E-state index >= 15 is 0 Å². The number of hydrogen-bond donors (Lipinski definition) is 1. The molecule has 1 N–H and O–H groups in total. The van der Waals surface area contributed by atoms with Gasteiger partial charge in [0.1, 0.15) is 11.5 Å². The van der Waals surface area contributed by atoms with E-state index in [-0.39, 0.29) is 12.3 Å². The average Bonchev–Trinajstić information content (AvgIpc) is 2.90. The lowest BCUT2D eigenvalue weighted by atomic mass is 10.2. The standard InChI is InChI=1S/C15H17NO3/c1-2-9-18-13-7-5-12(6-8-13)16-15(17)11-14-4-3-10-19-14/h3-8,10H,2,9,11H2,1H3,(H,16,17). The van der Waals surface area contributed by atoms with Gasteiger partial charge in [-0.05, 0) is 42.8 Å². The molecule has 100 valence electrons. The third kappa shape index (κ3) is 4.17. The predicted octanol–water partition coefficient (Wildman–Crippen LogP) is 3.25. The molecule has 0 atom stereocenters. The summed E-state index contributed by atoms with van der Waals surface area (Å²) < 4.78 is 10.6. The number of carbonyl (C=O) groups is 1. The lowest BCUT2D eigenvalue weighted by molar-refractivity contribution is -0.115. The normalized spacial score (nSPS) is 10.2. The summed E-state index contributed by atoms with van der Waals surface area (Å²) in [6.45, 7) is 2.76. The van der Waals surface area contributed by atoms with Crippen LogP contribution in [0.25, 0.3) is 0 Å². The van der Waals surface area contributed by atoms with E-state index in [2.05, 4.69) is 12.2 Å². The molecule has 0 unspecified atom stereocenters. The number of amides is 1. The minimum absolute atomic E-state index is 0.0998. The third-order valence-electron chi connectivity index (χ3n) is 2.53. The molecule has 1 amide bonds. The van der Waals surface area contributed by atoms with Gasteiger partial charge < -0.3 is 14.5 Å². The van der Waals surface area contributed by atoms with Crippen molar-refractivity contribution >= 4 is 11.6 Å². The zero-order valence-electron chi connectivity index (χ0n) is 10.9. The summed E-state index contributed by atoms with van der Waals surface area (Å²) in [5.74, 6) is 1.36. The average molecular weight is 259 g/mol. The van der Waals surface area contributed by atoms with E-state index in [9.17, 15) is 4.79 Å². The number of hydrogen-bond acceptors (Lipinski definition) is 3. The molecule has 0 saturated carbocycles. The zero-order valence-corrected chi connectivity index (χ0v) is 10.9. The summed E-state index contributed by atoms with van der Waals surface area (Å²) in [5, 5.41) is 2.81. The van der Waals surface area contributed by atoms with Crippen molar-refractivity contribution in [3.05, 3.63) is 48.4 Å². The molecule has 19 heavy (non-hydrogen) atoms. The van der Waals surface area contributed by atoms with Crippen LogP contribution < -0.4 is 10.1 Å². The van der Waals surface area contributed by atoms with E-state index in [1.165, 1.54) is 0 Å². The van der Waals surface area contributed by atoms with E-state index in [4.69, 9.17) is 9.15 Å². The molecule has 4 nitrogen and oxygen atoms in total. The zero-order chi connectivity index (χ0) is 13.5. The van der Waals surface area contributed by atoms with Gasteiger partial charge >= 0.3 is 0 Å². The van der Waals surface area contributed by atoms with Crippen LogP contribution in [0.3, 0.4) is 0 Å². The van der Waals surface area contributed by atoms with E-state index in [1.807, 2.05) is 24.3 Å². The molecule has 1 aromatic heterocycles. The van der Waals surface area contributed by atoms with Gasteiger partial charge in [0.2, 0.25) is 5.91 Å². The lowest BCUT2D eigenvalue weighted by Crippen LogP contribution is -2.13. The van der Waals surface area contributed by atoms with E-state index in [0.717, 1.165) is 17.9 Å². The number of carbonyl (C=O) groups excluding carboxylic acids is 1. The van der Waals surface area contributed by atoms with Gasteiger partial charge in [-0.1, -0.05) is 6.92 Å². The van der Waals surface area contributed by atoms with Crippen LogP contribution in [0.2, 0.25) is 0 Å². The summed E-state index contributed by atoms with van der Waals surface area (Å²) >= 11 is 0. The largest absolute Gasteiger partial charge is 0.494 e. The van der Waals surface area contributed by atoms with Crippen LogP contribution in [0.4, 0.5) is 5.69 Å². The quantitative estimate of drug-likeness (QED) is 0.866. The van der Waals surface area contributed by atoms with Crippen molar-refractivity contribution in [2.75, 3.05) is 11.9 Å². The Kier molecular flexibility index (Phi) is 4.61. The van der Waals surface area contributed by atoms with Crippen LogP contribution in [-0.4, -0.2) is 12.5 Å². The molecule has 2 rings (SSSR count). The van der Waals surface area contributed by atoms with Crippen LogP contribution in [0.15, 0.2) is 47.1 Å². The summed E-state index contributed by atoms with van der Waals surface area (Å²) in [7, 11) is 0. The number of rotatable bonds is 6. The second-order valence-electron chi connectivity index (χ2n) is 4.18. The molecule has 0 fully saturated rings. The number of nitrogens with one attached hydrogen (secondary N) is 1. The van der Waals surface area contributed by atoms with Crippen molar-refractivity contribution in [3.63, 3.8) is 0 Å². The lowest BCUT2D eigenvalue weighted by Gasteiger charge is -2.07. The van der Waals surface area contributed by atoms with Crippen LogP contribution in [0.5, 0.6) is 5.75 Å². The Labute approximate surface area is 112 Å². The first-order valence-corrected chi connectivity index (χ1v) is 6.33. The predicted molar refractivity (Wildman–Crippen MR) is 73.3 cm³/mol. The van der Waals surface area contributed by atoms with E-state index < -0.39 is 0 Å². The van der Waals surface area contributed by atoms with Gasteiger partial charge in [0, 0.05) is 5.69 Å². The SMILES string of the molecule is CCCOc1ccc(NC(=O)Cc2ccco2)cc1. The highest BCUT2D eigenvalue weighted by atomic mass is 16.5. The molecule has 2 aromatic rings. The molecule has 0 aliphatic carbocycles. The molecule has 0 radical (unpaired) electrons. The molecule has 0 spiro atoms. The fraction of sp³-hybridized carbons (Fsp3) is 0.267. The fourth-order valence-electron chi connectivity index (χ4n) is 1.63. The van der Waals surface area contributed by atoms with Crippen LogP contribution in [-0.2, 0) is 11.2 Å². The topological polar surface area (TPSA) is 51.5 Å². The van der Waals surface area contributed by atoms with Crippen LogP contribution in [0, 0.1) is 0 Å². The number of ether oxygens (including phenoxy) is 1. The van der Waals surface area contributed by atoms with Gasteiger partial charge in [0.05, 0.1) is 19.3 Å². The van der Waals surface area contributed by atoms with Crippen molar-refractivity contribution in [1.29, 1.82) is 0 Å². The maximum absolute atomic E-state index is 11.7. The second kappa shape index (κ2) is 6.64. The Morgan fingerprint density at radius 2 is 2.05 bits per heavy atom. The number of anilines is 1. The number of benzene rings is 1. The van der Waals surface area contributed by atoms with E-state index in [1.54, 1.807) is 18.4 Å². The van der Waals surface area contributed by atoms with Gasteiger partial charge in [-0.2, -0.15) is 0 Å². The van der Waals surface area contributed by atoms with Crippen molar-refractivity contribution in [3.8, 4) is 5.75 Å². The summed E-state index contributed by atoms with van der Waals surface area (Å²) in [4.78, 5) is 11.7. The molecule has 0 aliphatic heterocycles. The molecule has 1 heterocycles. The Bertz CT molecular complexity index is 503. The molecule has 4 heteroatoms. The second-order valence-corrected chi connectivity index (χ2v) is 4.18. The molecule has 1 aromatic carbocycles. The summed E-state index contributed by atoms with van der Waals surface area (Å²) in [5.41, 5.74) is 0.750. The van der Waals surface area contributed by atoms with Crippen molar-refractivity contribution in [2.45, 2.75) is 19.8 Å². The van der Waals surface area contributed by atoms with Crippen molar-refractivity contribution in [2.24, 2.45) is 0 Å². The van der Waals surface area contributed by atoms with Crippen LogP contribution in [0.1, 0.15) is 19.1 Å². The fourth-order valence-corrected chi connectivity index (χ4v) is 1.63. The van der Waals surface area contributed by atoms with Gasteiger partial charge in [-0.15, -0.1) is 0 Å². The van der Waals surface area contributed by atoms with Gasteiger partial charge in [-0.25, -0.2) is 0 Å². The van der Waals surface area contributed by atoms with Crippen molar-refractivity contribution < 1.29 is 13.9 Å². The first-order valence-electron chi connectivity index (χ1n) is 6.33. The molecular weight excluding hydrogens is 242 g/mol. The Hall–Kier alpha value is -2.23. The van der Waals surface area contributed by atoms with Gasteiger partial charge in [0.15, 0.2) is 0 Å². The monoisotopic (exact) mass is 259 g/mol. The molecule has 0 bridgehead atoms. The minimum atomic E-state index is -0.0998. The first-order chi connectivity index (χ1) is 9.28. The summed E-state index contributed by atoms with van der Waals surface area (Å²) in [6, 6.07) is 10.9. The van der Waals surface area contributed by atoms with Crippen molar-refractivity contribution in [1.82, 2.24) is 0 Å². The summed E-state index contributed by atoms with van der Waals surface area (Å²) in [6.07, 6.45) is 2.77. The maximum atomic E-state index is 11.7. The smallest absolute Gasteiger partial charge is 0.231 e. The van der Waals surface area contributed by atoms with Crippen LogP contribution >= 0.6 is 0 Å². The Morgan fingerprint density at radius 3 is 2.68 bits per heavy atom.